The van der Waals surface area contributed by atoms with Crippen molar-refractivity contribution in [2.24, 2.45) is 0 Å². The van der Waals surface area contributed by atoms with Gasteiger partial charge in [0, 0.05) is 33.0 Å². The number of nitriles is 2. The van der Waals surface area contributed by atoms with E-state index in [2.05, 4.69) is 120 Å². The van der Waals surface area contributed by atoms with Gasteiger partial charge in [0.2, 0.25) is 0 Å². The van der Waals surface area contributed by atoms with Crippen LogP contribution in [0, 0.1) is 36.5 Å². The highest BCUT2D eigenvalue weighted by Crippen LogP contribution is 2.41. The Morgan fingerprint density at radius 1 is 0.636 bits per heavy atom. The average molecular weight is 565 g/mol. The molecule has 0 atom stereocenters. The molecule has 0 spiro atoms. The van der Waals surface area contributed by atoms with Gasteiger partial charge in [-0.05, 0) is 85.8 Å². The van der Waals surface area contributed by atoms with E-state index < -0.39 is 0 Å². The number of rotatable bonds is 3. The fraction of sp³-hybridized carbons (Fsp3) is 0.100. The van der Waals surface area contributed by atoms with E-state index in [0.717, 1.165) is 51.9 Å². The molecule has 2 heterocycles. The fourth-order valence-corrected chi connectivity index (χ4v) is 6.97. The molecule has 208 valence electrons. The van der Waals surface area contributed by atoms with E-state index in [1.54, 1.807) is 6.07 Å². The molecule has 0 fully saturated rings. The Labute approximate surface area is 255 Å². The van der Waals surface area contributed by atoms with Crippen LogP contribution in [-0.2, 0) is 6.42 Å². The summed E-state index contributed by atoms with van der Waals surface area (Å²) < 4.78 is 4.75. The van der Waals surface area contributed by atoms with E-state index in [1.165, 1.54) is 38.5 Å². The maximum Gasteiger partial charge on any atom is 0.0998 e. The molecule has 4 nitrogen and oxygen atoms in total. The summed E-state index contributed by atoms with van der Waals surface area (Å²) in [4.78, 5) is 0. The van der Waals surface area contributed by atoms with Gasteiger partial charge in [0.1, 0.15) is 0 Å². The van der Waals surface area contributed by atoms with E-state index in [9.17, 15) is 10.5 Å². The van der Waals surface area contributed by atoms with Gasteiger partial charge in [0.25, 0.3) is 0 Å². The van der Waals surface area contributed by atoms with Crippen molar-refractivity contribution in [1.29, 1.82) is 10.5 Å². The standard InChI is InChI=1S/C40H28N4/c1-25-14-16-32-30-10-3-5-12-35(30)43(37(32)18-25)39-21-29(24-42)34(28-9-7-8-27(20-28)23-41)22-40(39)44-36-13-6-4-11-31(36)33-17-15-26(2)19-38(33)44/h3-4,6-11,13-22H,5,12H2,1-2H3. The Hall–Kier alpha value is -5.84. The van der Waals surface area contributed by atoms with Crippen LogP contribution in [0.4, 0.5) is 0 Å². The molecule has 8 rings (SSSR count). The molecule has 2 aromatic heterocycles. The van der Waals surface area contributed by atoms with Crippen molar-refractivity contribution in [3.63, 3.8) is 0 Å². The number of hydrogen-bond acceptors (Lipinski definition) is 2. The molecule has 0 amide bonds. The second-order valence-corrected chi connectivity index (χ2v) is 11.7. The predicted molar refractivity (Wildman–Crippen MR) is 179 cm³/mol. The highest BCUT2D eigenvalue weighted by molar-refractivity contribution is 6.10. The van der Waals surface area contributed by atoms with Crippen LogP contribution in [0.1, 0.15) is 39.9 Å². The topological polar surface area (TPSA) is 57.4 Å². The minimum absolute atomic E-state index is 0.567. The third-order valence-corrected chi connectivity index (χ3v) is 8.95. The van der Waals surface area contributed by atoms with Crippen molar-refractivity contribution < 1.29 is 0 Å². The number of benzene rings is 5. The largest absolute Gasteiger partial charge is 0.311 e. The number of fused-ring (bicyclic) bond motifs is 6. The van der Waals surface area contributed by atoms with Crippen LogP contribution in [0.5, 0.6) is 0 Å². The summed E-state index contributed by atoms with van der Waals surface area (Å²) in [6, 6.07) is 38.4. The Morgan fingerprint density at radius 3 is 2.16 bits per heavy atom. The molecule has 7 aromatic rings. The van der Waals surface area contributed by atoms with Crippen LogP contribution in [0.25, 0.3) is 61.3 Å². The van der Waals surface area contributed by atoms with Gasteiger partial charge < -0.3 is 9.13 Å². The molecule has 5 aromatic carbocycles. The molecule has 0 saturated carbocycles. The molecule has 4 heteroatoms. The van der Waals surface area contributed by atoms with Crippen LogP contribution in [0.2, 0.25) is 0 Å². The molecule has 0 saturated heterocycles. The fourth-order valence-electron chi connectivity index (χ4n) is 6.97. The van der Waals surface area contributed by atoms with E-state index >= 15 is 0 Å². The van der Waals surface area contributed by atoms with E-state index in [0.29, 0.717) is 11.1 Å². The van der Waals surface area contributed by atoms with Crippen LogP contribution in [-0.4, -0.2) is 9.13 Å². The molecule has 0 unspecified atom stereocenters. The highest BCUT2D eigenvalue weighted by Gasteiger charge is 2.24. The normalized spacial score (nSPS) is 12.5. The third kappa shape index (κ3) is 3.82. The first-order chi connectivity index (χ1) is 21.6. The SMILES string of the molecule is Cc1ccc2c3c(n(-c4cc(C#N)c(-c5cccc(C#N)c5)cc4-n4c5ccccc5c5ccc(C)cc54)c2c1)CCC=C3. The summed E-state index contributed by atoms with van der Waals surface area (Å²) >= 11 is 0. The number of aromatic nitrogens is 2. The van der Waals surface area contributed by atoms with Gasteiger partial charge in [-0.25, -0.2) is 0 Å². The number of para-hydroxylation sites is 1. The summed E-state index contributed by atoms with van der Waals surface area (Å²) in [6.07, 6.45) is 6.40. The summed E-state index contributed by atoms with van der Waals surface area (Å²) in [6.45, 7) is 4.26. The second kappa shape index (κ2) is 9.87. The molecular weight excluding hydrogens is 536 g/mol. The van der Waals surface area contributed by atoms with Crippen molar-refractivity contribution in [3.05, 3.63) is 137 Å². The van der Waals surface area contributed by atoms with Gasteiger partial charge >= 0.3 is 0 Å². The first-order valence-corrected chi connectivity index (χ1v) is 15.0. The van der Waals surface area contributed by atoms with E-state index in [4.69, 9.17) is 0 Å². The summed E-state index contributed by atoms with van der Waals surface area (Å²) in [5.41, 5.74) is 13.0. The first kappa shape index (κ1) is 25.8. The third-order valence-electron chi connectivity index (χ3n) is 8.95. The lowest BCUT2D eigenvalue weighted by Gasteiger charge is -2.21. The number of allylic oxidation sites excluding steroid dienone is 1. The molecule has 0 radical (unpaired) electrons. The maximum absolute atomic E-state index is 10.6. The minimum Gasteiger partial charge on any atom is -0.311 e. The van der Waals surface area contributed by atoms with E-state index in [-0.39, 0.29) is 0 Å². The van der Waals surface area contributed by atoms with Gasteiger partial charge in [-0.3, -0.25) is 0 Å². The molecule has 1 aliphatic rings. The number of hydrogen-bond donors (Lipinski definition) is 0. The van der Waals surface area contributed by atoms with Gasteiger partial charge in [0.15, 0.2) is 0 Å². The monoisotopic (exact) mass is 564 g/mol. The highest BCUT2D eigenvalue weighted by atomic mass is 15.1. The molecule has 0 bridgehead atoms. The number of nitrogens with zero attached hydrogens (tertiary/aromatic N) is 4. The van der Waals surface area contributed by atoms with Crippen molar-refractivity contribution in [1.82, 2.24) is 9.13 Å². The Morgan fingerprint density at radius 2 is 1.36 bits per heavy atom. The molecule has 0 aliphatic heterocycles. The Kier molecular flexibility index (Phi) is 5.80. The van der Waals surface area contributed by atoms with Crippen molar-refractivity contribution in [2.45, 2.75) is 26.7 Å². The van der Waals surface area contributed by atoms with Gasteiger partial charge in [-0.2, -0.15) is 10.5 Å². The lowest BCUT2D eigenvalue weighted by molar-refractivity contribution is 0.883. The predicted octanol–water partition coefficient (Wildman–Crippen LogP) is 9.71. The Balaban J connectivity index is 1.57. The van der Waals surface area contributed by atoms with Gasteiger partial charge in [-0.15, -0.1) is 0 Å². The van der Waals surface area contributed by atoms with Crippen LogP contribution >= 0.6 is 0 Å². The molecule has 1 aliphatic carbocycles. The molecule has 44 heavy (non-hydrogen) atoms. The lowest BCUT2D eigenvalue weighted by atomic mass is 9.96. The van der Waals surface area contributed by atoms with Gasteiger partial charge in [0.05, 0.1) is 51.2 Å². The lowest BCUT2D eigenvalue weighted by Crippen LogP contribution is -2.09. The summed E-state index contributed by atoms with van der Waals surface area (Å²) in [5, 5.41) is 23.9. The van der Waals surface area contributed by atoms with Crippen molar-refractivity contribution in [2.75, 3.05) is 0 Å². The first-order valence-electron chi connectivity index (χ1n) is 15.0. The quantitative estimate of drug-likeness (QED) is 0.214. The summed E-state index contributed by atoms with van der Waals surface area (Å²) in [5.74, 6) is 0. The Bertz CT molecular complexity index is 2440. The maximum atomic E-state index is 10.6. The second-order valence-electron chi connectivity index (χ2n) is 11.7. The number of aryl methyl sites for hydroxylation is 2. The zero-order chi connectivity index (χ0) is 29.9. The zero-order valence-corrected chi connectivity index (χ0v) is 24.6. The van der Waals surface area contributed by atoms with Crippen molar-refractivity contribution in [3.8, 4) is 34.6 Å². The zero-order valence-electron chi connectivity index (χ0n) is 24.6. The smallest absolute Gasteiger partial charge is 0.0998 e. The van der Waals surface area contributed by atoms with Crippen molar-refractivity contribution >= 4 is 38.8 Å². The minimum atomic E-state index is 0.567. The summed E-state index contributed by atoms with van der Waals surface area (Å²) in [7, 11) is 0. The van der Waals surface area contributed by atoms with Crippen LogP contribution in [0.3, 0.4) is 0 Å². The average Bonchev–Trinajstić information content (AvgIpc) is 3.55. The van der Waals surface area contributed by atoms with Crippen LogP contribution < -0.4 is 0 Å². The van der Waals surface area contributed by atoms with E-state index in [1.807, 2.05) is 18.2 Å². The molecule has 0 N–H and O–H groups in total. The molecular formula is C40H28N4. The van der Waals surface area contributed by atoms with Gasteiger partial charge in [-0.1, -0.05) is 66.7 Å². The van der Waals surface area contributed by atoms with Crippen LogP contribution in [0.15, 0.2) is 103 Å².